The summed E-state index contributed by atoms with van der Waals surface area (Å²) in [4.78, 5) is 0. The van der Waals surface area contributed by atoms with Gasteiger partial charge in [0.2, 0.25) is 0 Å². The largest absolute Gasteiger partial charge is 0.494 e. The highest BCUT2D eigenvalue weighted by atomic mass is 16.5. The zero-order valence-electron chi connectivity index (χ0n) is 9.73. The van der Waals surface area contributed by atoms with E-state index < -0.39 is 0 Å². The molecular formula is C13H17N3O. The van der Waals surface area contributed by atoms with Crippen molar-refractivity contribution < 1.29 is 4.74 Å². The molecule has 1 aromatic heterocycles. The van der Waals surface area contributed by atoms with E-state index in [1.165, 1.54) is 0 Å². The van der Waals surface area contributed by atoms with E-state index in [1.807, 2.05) is 36.4 Å². The van der Waals surface area contributed by atoms with Gasteiger partial charge in [-0.25, -0.2) is 0 Å². The number of aromatic nitrogens is 2. The molecule has 0 fully saturated rings. The van der Waals surface area contributed by atoms with E-state index >= 15 is 0 Å². The van der Waals surface area contributed by atoms with Crippen molar-refractivity contribution in [1.29, 1.82) is 0 Å². The molecule has 2 rings (SSSR count). The first-order valence-electron chi connectivity index (χ1n) is 5.82. The minimum atomic E-state index is 0.736. The number of rotatable bonds is 7. The molecule has 0 unspecified atom stereocenters. The fraction of sp³-hybridized carbons (Fsp3) is 0.308. The standard InChI is InChI=1S/C13H17N3O/c1-2-5-13(6-3-1)17-10-4-8-14-11-12-7-9-15-16-12/h1-3,5-7,9,14H,4,8,10-11H2,(H,15,16). The number of hydrogen-bond donors (Lipinski definition) is 2. The lowest BCUT2D eigenvalue weighted by Gasteiger charge is -2.06. The minimum absolute atomic E-state index is 0.736. The average Bonchev–Trinajstić information content (AvgIpc) is 2.88. The molecular weight excluding hydrogens is 214 g/mol. The lowest BCUT2D eigenvalue weighted by molar-refractivity contribution is 0.308. The summed E-state index contributed by atoms with van der Waals surface area (Å²) in [6.07, 6.45) is 2.75. The van der Waals surface area contributed by atoms with Crippen LogP contribution in [0.4, 0.5) is 0 Å². The second-order valence-electron chi connectivity index (χ2n) is 3.77. The third-order valence-corrected chi connectivity index (χ3v) is 2.38. The third-order valence-electron chi connectivity index (χ3n) is 2.38. The van der Waals surface area contributed by atoms with Crippen molar-refractivity contribution in [2.75, 3.05) is 13.2 Å². The number of ether oxygens (including phenoxy) is 1. The first-order valence-corrected chi connectivity index (χ1v) is 5.82. The summed E-state index contributed by atoms with van der Waals surface area (Å²) in [6.45, 7) is 2.50. The summed E-state index contributed by atoms with van der Waals surface area (Å²) in [6, 6.07) is 11.8. The first kappa shape index (κ1) is 11.7. The van der Waals surface area contributed by atoms with Crippen LogP contribution in [0.2, 0.25) is 0 Å². The summed E-state index contributed by atoms with van der Waals surface area (Å²) >= 11 is 0. The predicted octanol–water partition coefficient (Wildman–Crippen LogP) is 1.97. The third kappa shape index (κ3) is 4.28. The van der Waals surface area contributed by atoms with E-state index in [1.54, 1.807) is 6.20 Å². The molecule has 0 amide bonds. The fourth-order valence-corrected chi connectivity index (χ4v) is 1.51. The lowest BCUT2D eigenvalue weighted by atomic mass is 10.3. The van der Waals surface area contributed by atoms with E-state index in [-0.39, 0.29) is 0 Å². The smallest absolute Gasteiger partial charge is 0.119 e. The Morgan fingerprint density at radius 3 is 2.82 bits per heavy atom. The first-order chi connectivity index (χ1) is 8.45. The van der Waals surface area contributed by atoms with Crippen molar-refractivity contribution in [3.05, 3.63) is 48.3 Å². The second kappa shape index (κ2) is 6.70. The van der Waals surface area contributed by atoms with Gasteiger partial charge in [-0.05, 0) is 31.2 Å². The van der Waals surface area contributed by atoms with Crippen LogP contribution < -0.4 is 10.1 Å². The van der Waals surface area contributed by atoms with Gasteiger partial charge in [0, 0.05) is 18.4 Å². The summed E-state index contributed by atoms with van der Waals surface area (Å²) in [5, 5.41) is 10.1. The molecule has 0 aliphatic heterocycles. The topological polar surface area (TPSA) is 49.9 Å². The molecule has 0 radical (unpaired) electrons. The van der Waals surface area contributed by atoms with E-state index in [4.69, 9.17) is 4.74 Å². The van der Waals surface area contributed by atoms with E-state index in [2.05, 4.69) is 15.5 Å². The summed E-state index contributed by atoms with van der Waals surface area (Å²) in [5.74, 6) is 0.932. The molecule has 1 heterocycles. The number of nitrogens with one attached hydrogen (secondary N) is 2. The number of aromatic amines is 1. The van der Waals surface area contributed by atoms with Crippen molar-refractivity contribution >= 4 is 0 Å². The number of hydrogen-bond acceptors (Lipinski definition) is 3. The number of nitrogens with zero attached hydrogens (tertiary/aromatic N) is 1. The Morgan fingerprint density at radius 1 is 1.18 bits per heavy atom. The van der Waals surface area contributed by atoms with E-state index in [0.29, 0.717) is 0 Å². The van der Waals surface area contributed by atoms with Crippen molar-refractivity contribution in [3.63, 3.8) is 0 Å². The molecule has 4 nitrogen and oxygen atoms in total. The summed E-state index contributed by atoms with van der Waals surface area (Å²) in [5.41, 5.74) is 1.11. The fourth-order valence-electron chi connectivity index (χ4n) is 1.51. The van der Waals surface area contributed by atoms with Crippen molar-refractivity contribution in [2.45, 2.75) is 13.0 Å². The second-order valence-corrected chi connectivity index (χ2v) is 3.77. The minimum Gasteiger partial charge on any atom is -0.494 e. The zero-order chi connectivity index (χ0) is 11.8. The Bertz CT molecular complexity index is 400. The predicted molar refractivity (Wildman–Crippen MR) is 66.8 cm³/mol. The van der Waals surface area contributed by atoms with Gasteiger partial charge in [0.05, 0.1) is 6.61 Å². The molecule has 2 N–H and O–H groups in total. The van der Waals surface area contributed by atoms with Gasteiger partial charge < -0.3 is 10.1 Å². The summed E-state index contributed by atoms with van der Waals surface area (Å²) < 4.78 is 5.58. The van der Waals surface area contributed by atoms with Gasteiger partial charge in [-0.15, -0.1) is 0 Å². The molecule has 0 saturated heterocycles. The monoisotopic (exact) mass is 231 g/mol. The highest BCUT2D eigenvalue weighted by molar-refractivity contribution is 5.20. The van der Waals surface area contributed by atoms with Crippen LogP contribution in [-0.4, -0.2) is 23.3 Å². The van der Waals surface area contributed by atoms with Crippen LogP contribution in [0.15, 0.2) is 42.6 Å². The maximum absolute atomic E-state index is 5.58. The van der Waals surface area contributed by atoms with Crippen LogP contribution in [0.5, 0.6) is 5.75 Å². The lowest BCUT2D eigenvalue weighted by Crippen LogP contribution is -2.17. The Morgan fingerprint density at radius 2 is 2.06 bits per heavy atom. The normalized spacial score (nSPS) is 10.4. The highest BCUT2D eigenvalue weighted by Gasteiger charge is 1.94. The van der Waals surface area contributed by atoms with E-state index in [0.717, 1.165) is 37.6 Å². The Hall–Kier alpha value is -1.81. The van der Waals surface area contributed by atoms with Gasteiger partial charge in [0.15, 0.2) is 0 Å². The Balaban J connectivity index is 1.52. The molecule has 90 valence electrons. The molecule has 2 aromatic rings. The molecule has 0 aliphatic rings. The Labute approximate surface area is 101 Å². The highest BCUT2D eigenvalue weighted by Crippen LogP contribution is 2.07. The maximum Gasteiger partial charge on any atom is 0.119 e. The van der Waals surface area contributed by atoms with Gasteiger partial charge in [0.1, 0.15) is 5.75 Å². The molecule has 0 aliphatic carbocycles. The molecule has 4 heteroatoms. The van der Waals surface area contributed by atoms with Crippen LogP contribution in [0.25, 0.3) is 0 Å². The number of H-pyrrole nitrogens is 1. The van der Waals surface area contributed by atoms with Crippen molar-refractivity contribution in [3.8, 4) is 5.75 Å². The van der Waals surface area contributed by atoms with Crippen LogP contribution in [0.1, 0.15) is 12.1 Å². The molecule has 0 spiro atoms. The molecule has 0 atom stereocenters. The Kier molecular flexibility index (Phi) is 4.60. The molecule has 1 aromatic carbocycles. The van der Waals surface area contributed by atoms with Crippen molar-refractivity contribution in [1.82, 2.24) is 15.5 Å². The molecule has 0 saturated carbocycles. The van der Waals surface area contributed by atoms with Gasteiger partial charge in [-0.2, -0.15) is 5.10 Å². The summed E-state index contributed by atoms with van der Waals surface area (Å²) in [7, 11) is 0. The maximum atomic E-state index is 5.58. The molecule has 0 bridgehead atoms. The number of para-hydroxylation sites is 1. The van der Waals surface area contributed by atoms with Gasteiger partial charge in [-0.3, -0.25) is 5.10 Å². The quantitative estimate of drug-likeness (QED) is 0.716. The van der Waals surface area contributed by atoms with Crippen molar-refractivity contribution in [2.24, 2.45) is 0 Å². The molecule has 17 heavy (non-hydrogen) atoms. The SMILES string of the molecule is c1ccc(OCCCNCc2ccn[nH]2)cc1. The van der Waals surface area contributed by atoms with Gasteiger partial charge in [-0.1, -0.05) is 18.2 Å². The van der Waals surface area contributed by atoms with Crippen LogP contribution >= 0.6 is 0 Å². The zero-order valence-corrected chi connectivity index (χ0v) is 9.73. The number of benzene rings is 1. The van der Waals surface area contributed by atoms with Crippen LogP contribution in [0.3, 0.4) is 0 Å². The van der Waals surface area contributed by atoms with Gasteiger partial charge in [0.25, 0.3) is 0 Å². The van der Waals surface area contributed by atoms with Crippen LogP contribution in [0, 0.1) is 0 Å². The van der Waals surface area contributed by atoms with Crippen LogP contribution in [-0.2, 0) is 6.54 Å². The van der Waals surface area contributed by atoms with Gasteiger partial charge >= 0.3 is 0 Å². The van der Waals surface area contributed by atoms with E-state index in [9.17, 15) is 0 Å². The average molecular weight is 231 g/mol.